The summed E-state index contributed by atoms with van der Waals surface area (Å²) in [7, 11) is 0. The van der Waals surface area contributed by atoms with Gasteiger partial charge in [0, 0.05) is 29.9 Å². The molecular weight excluding hydrogens is 423 g/mol. The van der Waals surface area contributed by atoms with Crippen molar-refractivity contribution in [1.82, 2.24) is 9.78 Å². The van der Waals surface area contributed by atoms with Gasteiger partial charge in [-0.15, -0.1) is 0 Å². The van der Waals surface area contributed by atoms with Crippen LogP contribution < -0.4 is 16.2 Å². The van der Waals surface area contributed by atoms with Gasteiger partial charge in [-0.3, -0.25) is 14.4 Å². The first-order valence-corrected chi connectivity index (χ1v) is 9.78. The fraction of sp³-hybridized carbons (Fsp3) is 0.182. The smallest absolute Gasteiger partial charge is 0.267 e. The molecule has 3 rings (SSSR count). The first-order chi connectivity index (χ1) is 14.7. The van der Waals surface area contributed by atoms with Crippen LogP contribution in [0.5, 0.6) is 0 Å². The Labute approximate surface area is 182 Å². The van der Waals surface area contributed by atoms with Crippen LogP contribution in [0.15, 0.2) is 53.3 Å². The van der Waals surface area contributed by atoms with Crippen LogP contribution >= 0.6 is 11.6 Å². The lowest BCUT2D eigenvalue weighted by Crippen LogP contribution is -2.33. The van der Waals surface area contributed by atoms with Crippen molar-refractivity contribution in [2.24, 2.45) is 0 Å². The molecular formula is C22H20ClFN4O3. The fourth-order valence-corrected chi connectivity index (χ4v) is 3.07. The highest BCUT2D eigenvalue weighted by Crippen LogP contribution is 2.24. The lowest BCUT2D eigenvalue weighted by molar-refractivity contribution is -0.119. The molecule has 0 saturated carbocycles. The molecule has 1 atom stereocenters. The topological polar surface area (TPSA) is 93.1 Å². The monoisotopic (exact) mass is 442 g/mol. The summed E-state index contributed by atoms with van der Waals surface area (Å²) < 4.78 is 14.4. The number of hydrogen-bond donors (Lipinski definition) is 2. The second kappa shape index (κ2) is 9.09. The number of nitrogens with zero attached hydrogens (tertiary/aromatic N) is 2. The van der Waals surface area contributed by atoms with E-state index < -0.39 is 23.3 Å². The van der Waals surface area contributed by atoms with E-state index in [4.69, 9.17) is 11.6 Å². The maximum atomic E-state index is 13.3. The number of halogens is 2. The summed E-state index contributed by atoms with van der Waals surface area (Å²) in [5.74, 6) is -1.32. The predicted molar refractivity (Wildman–Crippen MR) is 118 cm³/mol. The van der Waals surface area contributed by atoms with Crippen molar-refractivity contribution in [3.8, 4) is 11.3 Å². The number of hydrogen-bond acceptors (Lipinski definition) is 4. The van der Waals surface area contributed by atoms with Crippen molar-refractivity contribution < 1.29 is 14.0 Å². The summed E-state index contributed by atoms with van der Waals surface area (Å²) in [6.07, 6.45) is 0. The molecule has 0 radical (unpaired) electrons. The summed E-state index contributed by atoms with van der Waals surface area (Å²) in [4.78, 5) is 36.4. The van der Waals surface area contributed by atoms with Crippen LogP contribution in [0, 0.1) is 12.7 Å². The minimum absolute atomic E-state index is 0.128. The Hall–Kier alpha value is -3.52. The number of amides is 2. The number of rotatable bonds is 5. The van der Waals surface area contributed by atoms with Gasteiger partial charge in [0.05, 0.1) is 10.7 Å². The molecule has 1 heterocycles. The zero-order valence-electron chi connectivity index (χ0n) is 17.1. The van der Waals surface area contributed by atoms with E-state index in [9.17, 15) is 18.8 Å². The van der Waals surface area contributed by atoms with Gasteiger partial charge >= 0.3 is 0 Å². The van der Waals surface area contributed by atoms with Crippen molar-refractivity contribution in [1.29, 1.82) is 0 Å². The van der Waals surface area contributed by atoms with E-state index in [0.717, 1.165) is 16.3 Å². The van der Waals surface area contributed by atoms with Gasteiger partial charge in [0.25, 0.3) is 5.56 Å². The number of nitrogens with one attached hydrogen (secondary N) is 2. The van der Waals surface area contributed by atoms with Gasteiger partial charge in [-0.2, -0.15) is 5.10 Å². The van der Waals surface area contributed by atoms with Crippen molar-refractivity contribution in [2.45, 2.75) is 26.8 Å². The maximum absolute atomic E-state index is 13.3. The van der Waals surface area contributed by atoms with Gasteiger partial charge in [0.2, 0.25) is 11.8 Å². The van der Waals surface area contributed by atoms with Crippen LogP contribution in [0.2, 0.25) is 5.02 Å². The van der Waals surface area contributed by atoms with Crippen molar-refractivity contribution in [3.05, 3.63) is 75.3 Å². The molecule has 0 spiro atoms. The number of benzene rings is 2. The molecule has 0 bridgehead atoms. The molecule has 0 aliphatic carbocycles. The average molecular weight is 443 g/mol. The largest absolute Gasteiger partial charge is 0.326 e. The standard InChI is InChI=1S/C22H20ClFN4O3/c1-12-4-5-15(10-20(12)25-14(3)29)19-8-9-21(30)28(27-19)13(2)22(31)26-16-6-7-18(24)17(23)11-16/h4-11,13H,1-3H3,(H,25,29)(H,26,31)/t13-/m0/s1. The normalized spacial score (nSPS) is 11.6. The second-order valence-electron chi connectivity index (χ2n) is 7.01. The van der Waals surface area contributed by atoms with Crippen LogP contribution in [0.4, 0.5) is 15.8 Å². The van der Waals surface area contributed by atoms with Gasteiger partial charge < -0.3 is 10.6 Å². The Bertz CT molecular complexity index is 1230. The molecule has 9 heteroatoms. The Kier molecular flexibility index (Phi) is 6.50. The summed E-state index contributed by atoms with van der Waals surface area (Å²) in [6, 6.07) is 11.1. The number of aryl methyl sites for hydroxylation is 1. The van der Waals surface area contributed by atoms with E-state index >= 15 is 0 Å². The minimum atomic E-state index is -0.948. The zero-order chi connectivity index (χ0) is 22.7. The molecule has 0 unspecified atom stereocenters. The van der Waals surface area contributed by atoms with E-state index in [1.165, 1.54) is 32.0 Å². The van der Waals surface area contributed by atoms with Gasteiger partial charge in [0.1, 0.15) is 11.9 Å². The molecule has 7 nitrogen and oxygen atoms in total. The Morgan fingerprint density at radius 1 is 1.10 bits per heavy atom. The summed E-state index contributed by atoms with van der Waals surface area (Å²) in [5.41, 5.74) is 2.46. The lowest BCUT2D eigenvalue weighted by atomic mass is 10.1. The molecule has 31 heavy (non-hydrogen) atoms. The van der Waals surface area contributed by atoms with Crippen LogP contribution in [-0.4, -0.2) is 21.6 Å². The van der Waals surface area contributed by atoms with E-state index in [-0.39, 0.29) is 10.9 Å². The van der Waals surface area contributed by atoms with Gasteiger partial charge in [-0.25, -0.2) is 9.07 Å². The average Bonchev–Trinajstić information content (AvgIpc) is 2.72. The number of carbonyl (C=O) groups excluding carboxylic acids is 2. The molecule has 1 aromatic heterocycles. The summed E-state index contributed by atoms with van der Waals surface area (Å²) in [5, 5.41) is 9.55. The first kappa shape index (κ1) is 22.2. The van der Waals surface area contributed by atoms with Crippen LogP contribution in [-0.2, 0) is 9.59 Å². The first-order valence-electron chi connectivity index (χ1n) is 9.40. The molecule has 2 aromatic carbocycles. The lowest BCUT2D eigenvalue weighted by Gasteiger charge is -2.16. The van der Waals surface area contributed by atoms with E-state index in [1.807, 2.05) is 19.1 Å². The van der Waals surface area contributed by atoms with Crippen LogP contribution in [0.3, 0.4) is 0 Å². The SMILES string of the molecule is CC(=O)Nc1cc(-c2ccc(=O)n([C@@H](C)C(=O)Nc3ccc(F)c(Cl)c3)n2)ccc1C. The number of aromatic nitrogens is 2. The highest BCUT2D eigenvalue weighted by molar-refractivity contribution is 6.31. The zero-order valence-corrected chi connectivity index (χ0v) is 17.8. The third-order valence-corrected chi connectivity index (χ3v) is 4.89. The highest BCUT2D eigenvalue weighted by Gasteiger charge is 2.19. The fourth-order valence-electron chi connectivity index (χ4n) is 2.89. The molecule has 160 valence electrons. The van der Waals surface area contributed by atoms with Crippen molar-refractivity contribution in [2.75, 3.05) is 10.6 Å². The Balaban J connectivity index is 1.90. The third kappa shape index (κ3) is 5.16. The minimum Gasteiger partial charge on any atom is -0.326 e. The molecule has 0 saturated heterocycles. The maximum Gasteiger partial charge on any atom is 0.267 e. The predicted octanol–water partition coefficient (Wildman–Crippen LogP) is 4.17. The van der Waals surface area contributed by atoms with Crippen LogP contribution in [0.25, 0.3) is 11.3 Å². The highest BCUT2D eigenvalue weighted by atomic mass is 35.5. The summed E-state index contributed by atoms with van der Waals surface area (Å²) in [6.45, 7) is 4.80. The number of carbonyl (C=O) groups is 2. The molecule has 2 amide bonds. The summed E-state index contributed by atoms with van der Waals surface area (Å²) >= 11 is 5.74. The Morgan fingerprint density at radius 2 is 1.84 bits per heavy atom. The van der Waals surface area contributed by atoms with Gasteiger partial charge in [0.15, 0.2) is 0 Å². The number of anilines is 2. The van der Waals surface area contributed by atoms with Crippen molar-refractivity contribution >= 4 is 34.8 Å². The van der Waals surface area contributed by atoms with Gasteiger partial charge in [-0.1, -0.05) is 23.7 Å². The van der Waals surface area contributed by atoms with E-state index in [1.54, 1.807) is 12.1 Å². The van der Waals surface area contributed by atoms with E-state index in [0.29, 0.717) is 22.6 Å². The molecule has 0 aliphatic rings. The van der Waals surface area contributed by atoms with Crippen molar-refractivity contribution in [3.63, 3.8) is 0 Å². The van der Waals surface area contributed by atoms with Gasteiger partial charge in [-0.05, 0) is 49.7 Å². The Morgan fingerprint density at radius 3 is 2.52 bits per heavy atom. The third-order valence-electron chi connectivity index (χ3n) is 4.60. The molecule has 3 aromatic rings. The molecule has 0 aliphatic heterocycles. The quantitative estimate of drug-likeness (QED) is 0.620. The van der Waals surface area contributed by atoms with E-state index in [2.05, 4.69) is 15.7 Å². The molecule has 2 N–H and O–H groups in total. The van der Waals surface area contributed by atoms with Crippen LogP contribution in [0.1, 0.15) is 25.5 Å². The molecule has 0 fully saturated rings. The second-order valence-corrected chi connectivity index (χ2v) is 7.41.